The number of pyridine rings is 1. The third kappa shape index (κ3) is 3.33. The van der Waals surface area contributed by atoms with Gasteiger partial charge in [0.15, 0.2) is 5.69 Å². The van der Waals surface area contributed by atoms with Crippen LogP contribution in [0, 0.1) is 6.57 Å². The second-order valence-corrected chi connectivity index (χ2v) is 6.53. The Morgan fingerprint density at radius 2 is 1.81 bits per heavy atom. The van der Waals surface area contributed by atoms with Gasteiger partial charge in [-0.05, 0) is 47.5 Å². The van der Waals surface area contributed by atoms with E-state index in [1.54, 1.807) is 0 Å². The fourth-order valence-corrected chi connectivity index (χ4v) is 3.15. The van der Waals surface area contributed by atoms with Crippen molar-refractivity contribution in [1.82, 2.24) is 9.61 Å². The van der Waals surface area contributed by atoms with Gasteiger partial charge in [-0.25, -0.2) is 9.36 Å². The molecule has 0 amide bonds. The molecule has 2 heterocycles. The molecular formula is C22H19N5. The second-order valence-electron chi connectivity index (χ2n) is 6.53. The highest BCUT2D eigenvalue weighted by molar-refractivity contribution is 5.80. The molecule has 0 aliphatic rings. The van der Waals surface area contributed by atoms with Gasteiger partial charge in [0, 0.05) is 36.7 Å². The van der Waals surface area contributed by atoms with Crippen molar-refractivity contribution in [1.29, 1.82) is 0 Å². The molecule has 0 bridgehead atoms. The Bertz CT molecular complexity index is 1120. The number of aromatic nitrogens is 2. The Balaban J connectivity index is 1.63. The maximum Gasteiger partial charge on any atom is 0.187 e. The van der Waals surface area contributed by atoms with Crippen molar-refractivity contribution in [3.05, 3.63) is 90.0 Å². The van der Waals surface area contributed by atoms with Crippen LogP contribution in [0.5, 0.6) is 0 Å². The third-order valence-corrected chi connectivity index (χ3v) is 4.65. The number of nitrogens with two attached hydrogens (primary N) is 1. The standard InChI is InChI=1S/C22H19N5/c1-24-19-7-9-20(10-8-19)26(2)15-16-11-12-27-22(13-16)21(14-25-27)17-3-5-18(23)6-4-17/h3-14H,15,23H2,2H3. The van der Waals surface area contributed by atoms with Gasteiger partial charge in [-0.1, -0.05) is 24.3 Å². The van der Waals surface area contributed by atoms with Gasteiger partial charge in [0.25, 0.3) is 0 Å². The molecule has 0 aliphatic heterocycles. The average Bonchev–Trinajstić information content (AvgIpc) is 3.12. The van der Waals surface area contributed by atoms with Crippen LogP contribution in [0.3, 0.4) is 0 Å². The molecule has 2 N–H and O–H groups in total. The molecule has 2 aromatic carbocycles. The number of rotatable bonds is 4. The van der Waals surface area contributed by atoms with Crippen LogP contribution >= 0.6 is 0 Å². The van der Waals surface area contributed by atoms with E-state index in [1.807, 2.05) is 72.5 Å². The van der Waals surface area contributed by atoms with E-state index in [-0.39, 0.29) is 0 Å². The van der Waals surface area contributed by atoms with E-state index < -0.39 is 0 Å². The van der Waals surface area contributed by atoms with Gasteiger partial charge < -0.3 is 10.6 Å². The number of fused-ring (bicyclic) bond motifs is 1. The highest BCUT2D eigenvalue weighted by atomic mass is 15.2. The lowest BCUT2D eigenvalue weighted by atomic mass is 10.1. The lowest BCUT2D eigenvalue weighted by molar-refractivity contribution is 0.905. The number of nitrogen functional groups attached to an aromatic ring is 1. The van der Waals surface area contributed by atoms with Crippen molar-refractivity contribution < 1.29 is 0 Å². The molecule has 4 rings (SSSR count). The molecule has 4 aromatic rings. The van der Waals surface area contributed by atoms with Gasteiger partial charge >= 0.3 is 0 Å². The molecule has 27 heavy (non-hydrogen) atoms. The number of anilines is 2. The number of benzene rings is 2. The first kappa shape index (κ1) is 16.7. The third-order valence-electron chi connectivity index (χ3n) is 4.65. The Kier molecular flexibility index (Phi) is 4.23. The summed E-state index contributed by atoms with van der Waals surface area (Å²) in [6.45, 7) is 7.83. The SMILES string of the molecule is [C-]#[N+]c1ccc(N(C)Cc2ccn3ncc(-c4ccc(N)cc4)c3c2)cc1. The van der Waals surface area contributed by atoms with Crippen LogP contribution in [0.2, 0.25) is 0 Å². The zero-order valence-corrected chi connectivity index (χ0v) is 15.0. The molecule has 0 saturated carbocycles. The topological polar surface area (TPSA) is 50.9 Å². The molecule has 0 aliphatic carbocycles. The highest BCUT2D eigenvalue weighted by Gasteiger charge is 2.09. The van der Waals surface area contributed by atoms with E-state index in [2.05, 4.69) is 27.0 Å². The van der Waals surface area contributed by atoms with Crippen LogP contribution in [0.1, 0.15) is 5.56 Å². The van der Waals surface area contributed by atoms with Gasteiger partial charge in [0.1, 0.15) is 0 Å². The zero-order valence-electron chi connectivity index (χ0n) is 15.0. The molecule has 132 valence electrons. The van der Waals surface area contributed by atoms with Crippen molar-refractivity contribution in [2.24, 2.45) is 0 Å². The van der Waals surface area contributed by atoms with Crippen LogP contribution in [0.25, 0.3) is 21.5 Å². The highest BCUT2D eigenvalue weighted by Crippen LogP contribution is 2.27. The van der Waals surface area contributed by atoms with E-state index in [1.165, 1.54) is 5.56 Å². The first-order chi connectivity index (χ1) is 13.1. The van der Waals surface area contributed by atoms with E-state index in [9.17, 15) is 0 Å². The van der Waals surface area contributed by atoms with Crippen LogP contribution in [-0.2, 0) is 6.54 Å². The van der Waals surface area contributed by atoms with E-state index in [0.29, 0.717) is 5.69 Å². The Morgan fingerprint density at radius 1 is 1.07 bits per heavy atom. The smallest absolute Gasteiger partial charge is 0.187 e. The van der Waals surface area contributed by atoms with Crippen molar-refractivity contribution in [2.75, 3.05) is 17.7 Å². The first-order valence-corrected chi connectivity index (χ1v) is 8.65. The van der Waals surface area contributed by atoms with Crippen LogP contribution in [0.15, 0.2) is 73.1 Å². The number of hydrogen-bond donors (Lipinski definition) is 1. The van der Waals surface area contributed by atoms with Crippen molar-refractivity contribution >= 4 is 22.6 Å². The van der Waals surface area contributed by atoms with Gasteiger partial charge in [0.2, 0.25) is 0 Å². The van der Waals surface area contributed by atoms with Gasteiger partial charge in [-0.3, -0.25) is 0 Å². The Labute approximate surface area is 158 Å². The van der Waals surface area contributed by atoms with Crippen molar-refractivity contribution in [3.63, 3.8) is 0 Å². The summed E-state index contributed by atoms with van der Waals surface area (Å²) in [5.74, 6) is 0. The first-order valence-electron chi connectivity index (χ1n) is 8.65. The molecule has 0 atom stereocenters. The monoisotopic (exact) mass is 353 g/mol. The fraction of sp³-hybridized carbons (Fsp3) is 0.0909. The summed E-state index contributed by atoms with van der Waals surface area (Å²) in [5, 5.41) is 4.46. The minimum atomic E-state index is 0.654. The summed E-state index contributed by atoms with van der Waals surface area (Å²) in [6, 6.07) is 19.7. The van der Waals surface area contributed by atoms with Crippen molar-refractivity contribution in [3.8, 4) is 11.1 Å². The molecule has 0 unspecified atom stereocenters. The fourth-order valence-electron chi connectivity index (χ4n) is 3.15. The molecule has 0 fully saturated rings. The summed E-state index contributed by atoms with van der Waals surface area (Å²) < 4.78 is 1.89. The molecule has 0 saturated heterocycles. The maximum atomic E-state index is 7.06. The molecule has 0 radical (unpaired) electrons. The number of hydrogen-bond acceptors (Lipinski definition) is 3. The van der Waals surface area contributed by atoms with Gasteiger partial charge in [-0.15, -0.1) is 0 Å². The predicted octanol–water partition coefficient (Wildman–Crippen LogP) is 4.77. The molecule has 0 spiro atoms. The molecular weight excluding hydrogens is 334 g/mol. The lowest BCUT2D eigenvalue weighted by Gasteiger charge is -2.19. The van der Waals surface area contributed by atoms with E-state index in [0.717, 1.165) is 34.6 Å². The summed E-state index contributed by atoms with van der Waals surface area (Å²) in [4.78, 5) is 5.61. The summed E-state index contributed by atoms with van der Waals surface area (Å²) >= 11 is 0. The summed E-state index contributed by atoms with van der Waals surface area (Å²) in [5.41, 5.74) is 12.7. The van der Waals surface area contributed by atoms with Crippen LogP contribution in [0.4, 0.5) is 17.1 Å². The van der Waals surface area contributed by atoms with Crippen LogP contribution < -0.4 is 10.6 Å². The molecule has 5 heteroatoms. The van der Waals surface area contributed by atoms with E-state index >= 15 is 0 Å². The van der Waals surface area contributed by atoms with Gasteiger partial charge in [0.05, 0.1) is 18.3 Å². The van der Waals surface area contributed by atoms with Crippen LogP contribution in [-0.4, -0.2) is 16.7 Å². The summed E-state index contributed by atoms with van der Waals surface area (Å²) in [7, 11) is 2.05. The normalized spacial score (nSPS) is 10.7. The minimum absolute atomic E-state index is 0.654. The maximum absolute atomic E-state index is 7.06. The second kappa shape index (κ2) is 6.85. The Hall–Kier alpha value is -3.78. The number of nitrogens with zero attached hydrogens (tertiary/aromatic N) is 4. The van der Waals surface area contributed by atoms with Crippen molar-refractivity contribution in [2.45, 2.75) is 6.54 Å². The Morgan fingerprint density at radius 3 is 2.52 bits per heavy atom. The molecule has 2 aromatic heterocycles. The average molecular weight is 353 g/mol. The van der Waals surface area contributed by atoms with Gasteiger partial charge in [-0.2, -0.15) is 5.10 Å². The minimum Gasteiger partial charge on any atom is -0.399 e. The quantitative estimate of drug-likeness (QED) is 0.425. The largest absolute Gasteiger partial charge is 0.399 e. The predicted molar refractivity (Wildman–Crippen MR) is 110 cm³/mol. The molecule has 5 nitrogen and oxygen atoms in total. The van der Waals surface area contributed by atoms with E-state index in [4.69, 9.17) is 12.3 Å². The lowest BCUT2D eigenvalue weighted by Crippen LogP contribution is -2.16. The zero-order chi connectivity index (χ0) is 18.8. The summed E-state index contributed by atoms with van der Waals surface area (Å²) in [6.07, 6.45) is 3.87.